The lowest BCUT2D eigenvalue weighted by atomic mass is 9.89. The van der Waals surface area contributed by atoms with Crippen molar-refractivity contribution in [2.75, 3.05) is 26.5 Å². The summed E-state index contributed by atoms with van der Waals surface area (Å²) in [4.78, 5) is 18.2. The van der Waals surface area contributed by atoms with Crippen LogP contribution in [0.4, 0.5) is 0 Å². The van der Waals surface area contributed by atoms with Crippen LogP contribution in [0.2, 0.25) is 0 Å². The number of hydrogen-bond acceptors (Lipinski definition) is 3. The molecular formula is C23H26N2O2S. The molecule has 28 heavy (non-hydrogen) atoms. The van der Waals surface area contributed by atoms with Gasteiger partial charge in [-0.05, 0) is 66.5 Å². The summed E-state index contributed by atoms with van der Waals surface area (Å²) < 4.78 is 5.39. The summed E-state index contributed by atoms with van der Waals surface area (Å²) in [6.45, 7) is 1.60. The zero-order chi connectivity index (χ0) is 19.5. The minimum absolute atomic E-state index is 0.148. The van der Waals surface area contributed by atoms with E-state index in [0.29, 0.717) is 5.92 Å². The van der Waals surface area contributed by atoms with Crippen LogP contribution in [-0.2, 0) is 5.75 Å². The Bertz CT molecular complexity index is 956. The second-order valence-corrected chi connectivity index (χ2v) is 8.22. The molecule has 4 rings (SSSR count). The number of likely N-dealkylation sites (tertiary alicyclic amines) is 1. The molecule has 0 atom stereocenters. The fraction of sp³-hybridized carbons (Fsp3) is 0.348. The number of aromatic amines is 1. The molecule has 1 amide bonds. The first kappa shape index (κ1) is 18.9. The standard InChI is InChI=1S/C23H26N2O2S/c1-27-19-7-8-22-20(13-19)21(14-24-22)17-9-11-25(12-10-17)23(26)18-5-3-16(4-6-18)15-28-2/h3-8,13-14,17,24H,9-12,15H2,1-2H3. The largest absolute Gasteiger partial charge is 0.497 e. The van der Waals surface area contributed by atoms with Crippen LogP contribution in [0.3, 0.4) is 0 Å². The average molecular weight is 395 g/mol. The minimum Gasteiger partial charge on any atom is -0.497 e. The van der Waals surface area contributed by atoms with Crippen LogP contribution in [0.1, 0.15) is 40.2 Å². The van der Waals surface area contributed by atoms with E-state index in [0.717, 1.165) is 48.5 Å². The summed E-state index contributed by atoms with van der Waals surface area (Å²) >= 11 is 1.79. The maximum Gasteiger partial charge on any atom is 0.253 e. The minimum atomic E-state index is 0.148. The molecule has 0 spiro atoms. The van der Waals surface area contributed by atoms with Crippen molar-refractivity contribution in [2.45, 2.75) is 24.5 Å². The van der Waals surface area contributed by atoms with E-state index in [9.17, 15) is 4.79 Å². The number of amides is 1. The van der Waals surface area contributed by atoms with Crippen LogP contribution in [0.15, 0.2) is 48.7 Å². The van der Waals surface area contributed by atoms with Gasteiger partial charge in [0.1, 0.15) is 5.75 Å². The van der Waals surface area contributed by atoms with Gasteiger partial charge in [-0.2, -0.15) is 11.8 Å². The van der Waals surface area contributed by atoms with Gasteiger partial charge in [-0.1, -0.05) is 12.1 Å². The summed E-state index contributed by atoms with van der Waals surface area (Å²) in [5.74, 6) is 2.48. The zero-order valence-corrected chi connectivity index (χ0v) is 17.2. The fourth-order valence-electron chi connectivity index (χ4n) is 4.07. The number of methoxy groups -OCH3 is 1. The summed E-state index contributed by atoms with van der Waals surface area (Å²) in [6.07, 6.45) is 6.19. The molecule has 1 aliphatic rings. The molecule has 2 aromatic carbocycles. The Morgan fingerprint density at radius 3 is 2.61 bits per heavy atom. The Kier molecular flexibility index (Phi) is 5.62. The number of rotatable bonds is 5. The van der Waals surface area contributed by atoms with Gasteiger partial charge in [0.05, 0.1) is 7.11 Å². The number of nitrogens with one attached hydrogen (secondary N) is 1. The number of fused-ring (bicyclic) bond motifs is 1. The van der Waals surface area contributed by atoms with Crippen molar-refractivity contribution in [2.24, 2.45) is 0 Å². The number of thioether (sulfide) groups is 1. The van der Waals surface area contributed by atoms with Gasteiger partial charge in [-0.25, -0.2) is 0 Å². The van der Waals surface area contributed by atoms with Gasteiger partial charge < -0.3 is 14.6 Å². The third-order valence-corrected chi connectivity index (χ3v) is 6.28. The first-order chi connectivity index (χ1) is 13.7. The van der Waals surface area contributed by atoms with Crippen molar-refractivity contribution >= 4 is 28.6 Å². The predicted molar refractivity (Wildman–Crippen MR) is 116 cm³/mol. The smallest absolute Gasteiger partial charge is 0.253 e. The summed E-state index contributed by atoms with van der Waals surface area (Å²) in [6, 6.07) is 14.2. The third-order valence-electron chi connectivity index (χ3n) is 5.65. The lowest BCUT2D eigenvalue weighted by Crippen LogP contribution is -2.37. The molecule has 0 radical (unpaired) electrons. The highest BCUT2D eigenvalue weighted by Gasteiger charge is 2.26. The Morgan fingerprint density at radius 2 is 1.93 bits per heavy atom. The van der Waals surface area contributed by atoms with Crippen LogP contribution >= 0.6 is 11.8 Å². The topological polar surface area (TPSA) is 45.3 Å². The average Bonchev–Trinajstić information content (AvgIpc) is 3.17. The van der Waals surface area contributed by atoms with E-state index in [1.807, 2.05) is 23.1 Å². The molecule has 0 aliphatic carbocycles. The first-order valence-electron chi connectivity index (χ1n) is 9.71. The van der Waals surface area contributed by atoms with Crippen LogP contribution < -0.4 is 4.74 Å². The molecule has 1 aromatic heterocycles. The van der Waals surface area contributed by atoms with Crippen molar-refractivity contribution in [1.29, 1.82) is 0 Å². The van der Waals surface area contributed by atoms with E-state index < -0.39 is 0 Å². The number of benzene rings is 2. The maximum atomic E-state index is 12.9. The van der Waals surface area contributed by atoms with Crippen LogP contribution in [0.25, 0.3) is 10.9 Å². The highest BCUT2D eigenvalue weighted by Crippen LogP contribution is 2.35. The zero-order valence-electron chi connectivity index (χ0n) is 16.4. The highest BCUT2D eigenvalue weighted by molar-refractivity contribution is 7.97. The molecule has 2 heterocycles. The van der Waals surface area contributed by atoms with E-state index >= 15 is 0 Å². The molecule has 1 N–H and O–H groups in total. The summed E-state index contributed by atoms with van der Waals surface area (Å²) in [5.41, 5.74) is 4.53. The molecule has 3 aromatic rings. The number of hydrogen-bond donors (Lipinski definition) is 1. The van der Waals surface area contributed by atoms with E-state index in [2.05, 4.69) is 41.7 Å². The first-order valence-corrected chi connectivity index (χ1v) is 11.1. The maximum absolute atomic E-state index is 12.9. The molecule has 1 saturated heterocycles. The van der Waals surface area contributed by atoms with E-state index in [-0.39, 0.29) is 5.91 Å². The second kappa shape index (κ2) is 8.31. The predicted octanol–water partition coefficient (Wildman–Crippen LogP) is 5.06. The van der Waals surface area contributed by atoms with Crippen molar-refractivity contribution in [3.05, 3.63) is 65.4 Å². The monoisotopic (exact) mass is 394 g/mol. The third kappa shape index (κ3) is 3.76. The van der Waals surface area contributed by atoms with E-state index in [4.69, 9.17) is 4.74 Å². The van der Waals surface area contributed by atoms with Gasteiger partial charge >= 0.3 is 0 Å². The van der Waals surface area contributed by atoms with Crippen LogP contribution in [-0.4, -0.2) is 42.2 Å². The molecule has 1 fully saturated rings. The number of H-pyrrole nitrogens is 1. The molecule has 5 heteroatoms. The lowest BCUT2D eigenvalue weighted by molar-refractivity contribution is 0.0713. The number of carbonyl (C=O) groups excluding carboxylic acids is 1. The second-order valence-electron chi connectivity index (χ2n) is 7.35. The van der Waals surface area contributed by atoms with Gasteiger partial charge in [-0.15, -0.1) is 0 Å². The lowest BCUT2D eigenvalue weighted by Gasteiger charge is -2.32. The van der Waals surface area contributed by atoms with Crippen LogP contribution in [0.5, 0.6) is 5.75 Å². The molecule has 0 unspecified atom stereocenters. The van der Waals surface area contributed by atoms with Gasteiger partial charge in [0.25, 0.3) is 5.91 Å². The Labute approximate surface area is 170 Å². The molecule has 4 nitrogen and oxygen atoms in total. The number of aromatic nitrogens is 1. The van der Waals surface area contributed by atoms with Crippen molar-refractivity contribution < 1.29 is 9.53 Å². The normalized spacial score (nSPS) is 15.1. The van der Waals surface area contributed by atoms with E-state index in [1.165, 1.54) is 16.5 Å². The number of nitrogens with zero attached hydrogens (tertiary/aromatic N) is 1. The number of ether oxygens (including phenoxy) is 1. The van der Waals surface area contributed by atoms with Crippen molar-refractivity contribution in [3.63, 3.8) is 0 Å². The van der Waals surface area contributed by atoms with Gasteiger partial charge in [-0.3, -0.25) is 4.79 Å². The quantitative estimate of drug-likeness (QED) is 0.658. The Morgan fingerprint density at radius 1 is 1.18 bits per heavy atom. The number of carbonyl (C=O) groups is 1. The Hall–Kier alpha value is -2.40. The molecule has 0 bridgehead atoms. The fourth-order valence-corrected chi connectivity index (χ4v) is 4.60. The van der Waals surface area contributed by atoms with Crippen molar-refractivity contribution in [1.82, 2.24) is 9.88 Å². The summed E-state index contributed by atoms with van der Waals surface area (Å²) in [5, 5.41) is 1.23. The molecule has 146 valence electrons. The Balaban J connectivity index is 1.44. The summed E-state index contributed by atoms with van der Waals surface area (Å²) in [7, 11) is 1.70. The van der Waals surface area contributed by atoms with Gasteiger partial charge in [0.15, 0.2) is 0 Å². The van der Waals surface area contributed by atoms with Gasteiger partial charge in [0.2, 0.25) is 0 Å². The van der Waals surface area contributed by atoms with E-state index in [1.54, 1.807) is 18.9 Å². The highest BCUT2D eigenvalue weighted by atomic mass is 32.2. The SMILES string of the molecule is COc1ccc2[nH]cc(C3CCN(C(=O)c4ccc(CSC)cc4)CC3)c2c1. The molecule has 1 aliphatic heterocycles. The van der Waals surface area contributed by atoms with Crippen LogP contribution in [0, 0.1) is 0 Å². The number of piperidine rings is 1. The van der Waals surface area contributed by atoms with Crippen molar-refractivity contribution in [3.8, 4) is 5.75 Å². The molecule has 0 saturated carbocycles. The van der Waals surface area contributed by atoms with Gasteiger partial charge in [0, 0.05) is 41.5 Å². The molecular weight excluding hydrogens is 368 g/mol.